The lowest BCUT2D eigenvalue weighted by atomic mass is 10.0. The molecule has 0 atom stereocenters. The molecular formula is C29H23N3O2. The Kier molecular flexibility index (Phi) is 6.57. The van der Waals surface area contributed by atoms with Crippen LogP contribution in [0, 0.1) is 36.5 Å². The van der Waals surface area contributed by atoms with Crippen LogP contribution in [0.1, 0.15) is 44.0 Å². The lowest BCUT2D eigenvalue weighted by Gasteiger charge is -2.13. The third kappa shape index (κ3) is 4.60. The summed E-state index contributed by atoms with van der Waals surface area (Å²) in [7, 11) is 0. The minimum Gasteiger partial charge on any atom is -0.456 e. The number of hydrogen-bond donors (Lipinski definition) is 0. The Hall–Kier alpha value is -4.61. The van der Waals surface area contributed by atoms with Crippen LogP contribution in [0.15, 0.2) is 78.9 Å². The number of carbonyl (C=O) groups is 1. The first-order chi connectivity index (χ1) is 16.5. The summed E-state index contributed by atoms with van der Waals surface area (Å²) in [6.07, 6.45) is 0. The van der Waals surface area contributed by atoms with Gasteiger partial charge in [0.25, 0.3) is 0 Å². The second-order valence-corrected chi connectivity index (χ2v) is 8.08. The third-order valence-corrected chi connectivity index (χ3v) is 5.90. The maximum absolute atomic E-state index is 13.3. The molecule has 0 spiro atoms. The summed E-state index contributed by atoms with van der Waals surface area (Å²) in [5.41, 5.74) is 7.20. The Balaban J connectivity index is 1.75. The van der Waals surface area contributed by atoms with E-state index in [-0.39, 0.29) is 6.61 Å². The van der Waals surface area contributed by atoms with Crippen molar-refractivity contribution >= 4 is 5.97 Å². The number of ether oxygens (including phenoxy) is 1. The van der Waals surface area contributed by atoms with E-state index < -0.39 is 5.97 Å². The fourth-order valence-electron chi connectivity index (χ4n) is 4.15. The van der Waals surface area contributed by atoms with E-state index in [1.54, 1.807) is 24.3 Å². The molecule has 0 bridgehead atoms. The molecule has 1 aromatic heterocycles. The maximum Gasteiger partial charge on any atom is 0.355 e. The van der Waals surface area contributed by atoms with Crippen LogP contribution in [0.3, 0.4) is 0 Å². The first-order valence-corrected chi connectivity index (χ1v) is 10.9. The summed E-state index contributed by atoms with van der Waals surface area (Å²) in [5.74, 6) is -0.391. The molecule has 4 rings (SSSR count). The summed E-state index contributed by atoms with van der Waals surface area (Å²) in [5, 5.41) is 18.2. The second kappa shape index (κ2) is 9.90. The monoisotopic (exact) mass is 445 g/mol. The van der Waals surface area contributed by atoms with E-state index in [0.717, 1.165) is 33.5 Å². The van der Waals surface area contributed by atoms with Crippen LogP contribution in [0.5, 0.6) is 0 Å². The van der Waals surface area contributed by atoms with Crippen molar-refractivity contribution in [2.75, 3.05) is 0 Å². The molecule has 0 unspecified atom stereocenters. The van der Waals surface area contributed by atoms with Gasteiger partial charge in [0.1, 0.15) is 12.3 Å². The van der Waals surface area contributed by atoms with E-state index in [9.17, 15) is 4.79 Å². The van der Waals surface area contributed by atoms with Crippen molar-refractivity contribution in [1.29, 1.82) is 10.5 Å². The molecule has 34 heavy (non-hydrogen) atoms. The molecule has 1 heterocycles. The maximum atomic E-state index is 13.3. The Morgan fingerprint density at radius 3 is 2.00 bits per heavy atom. The summed E-state index contributed by atoms with van der Waals surface area (Å²) >= 11 is 0. The number of hydrogen-bond acceptors (Lipinski definition) is 4. The van der Waals surface area contributed by atoms with Gasteiger partial charge in [0.15, 0.2) is 0 Å². The molecule has 4 aromatic rings. The fraction of sp³-hybridized carbons (Fsp3) is 0.138. The van der Waals surface area contributed by atoms with Gasteiger partial charge in [0.05, 0.1) is 23.3 Å². The Morgan fingerprint density at radius 1 is 0.824 bits per heavy atom. The second-order valence-electron chi connectivity index (χ2n) is 8.08. The molecule has 0 saturated heterocycles. The van der Waals surface area contributed by atoms with Crippen LogP contribution in [-0.2, 0) is 17.9 Å². The van der Waals surface area contributed by atoms with Crippen molar-refractivity contribution in [1.82, 2.24) is 4.57 Å². The van der Waals surface area contributed by atoms with Crippen LogP contribution in [0.25, 0.3) is 11.1 Å². The van der Waals surface area contributed by atoms with Gasteiger partial charge in [-0.1, -0.05) is 54.6 Å². The van der Waals surface area contributed by atoms with Crippen LogP contribution >= 0.6 is 0 Å². The lowest BCUT2D eigenvalue weighted by Crippen LogP contribution is -2.15. The average Bonchev–Trinajstić information content (AvgIpc) is 3.12. The van der Waals surface area contributed by atoms with E-state index in [0.29, 0.717) is 23.4 Å². The standard InChI is InChI=1S/C29H23N3O2/c1-20-27(26-14-12-23(17-31)13-15-26)21(2)32(18-24-10-8-22(16-30)9-11-24)28(20)29(33)34-19-25-6-4-3-5-7-25/h3-15H,18-19H2,1-2H3. The molecule has 3 aromatic carbocycles. The van der Waals surface area contributed by atoms with Crippen molar-refractivity contribution in [3.8, 4) is 23.3 Å². The highest BCUT2D eigenvalue weighted by molar-refractivity contribution is 5.93. The highest BCUT2D eigenvalue weighted by Gasteiger charge is 2.25. The van der Waals surface area contributed by atoms with Crippen LogP contribution in [-0.4, -0.2) is 10.5 Å². The van der Waals surface area contributed by atoms with Gasteiger partial charge in [-0.05, 0) is 60.4 Å². The van der Waals surface area contributed by atoms with E-state index in [1.807, 2.05) is 73.0 Å². The summed E-state index contributed by atoms with van der Waals surface area (Å²) in [4.78, 5) is 13.3. The van der Waals surface area contributed by atoms with Gasteiger partial charge in [-0.15, -0.1) is 0 Å². The zero-order chi connectivity index (χ0) is 24.1. The van der Waals surface area contributed by atoms with Crippen LogP contribution < -0.4 is 0 Å². The minimum absolute atomic E-state index is 0.187. The van der Waals surface area contributed by atoms with Crippen molar-refractivity contribution in [3.05, 3.63) is 118 Å². The van der Waals surface area contributed by atoms with Gasteiger partial charge in [0, 0.05) is 17.8 Å². The molecule has 0 radical (unpaired) electrons. The first kappa shape index (κ1) is 22.6. The molecule has 0 aliphatic rings. The molecule has 5 nitrogen and oxygen atoms in total. The summed E-state index contributed by atoms with van der Waals surface area (Å²) in [6.45, 7) is 4.56. The SMILES string of the molecule is Cc1c(-c2ccc(C#N)cc2)c(C)n(Cc2ccc(C#N)cc2)c1C(=O)OCc1ccccc1. The van der Waals surface area contributed by atoms with Gasteiger partial charge in [-0.2, -0.15) is 10.5 Å². The largest absolute Gasteiger partial charge is 0.456 e. The summed E-state index contributed by atoms with van der Waals surface area (Å²) < 4.78 is 7.67. The number of esters is 1. The summed E-state index contributed by atoms with van der Waals surface area (Å²) in [6, 6.07) is 28.6. The lowest BCUT2D eigenvalue weighted by molar-refractivity contribution is 0.0459. The topological polar surface area (TPSA) is 78.8 Å². The molecule has 5 heteroatoms. The fourth-order valence-corrected chi connectivity index (χ4v) is 4.15. The minimum atomic E-state index is -0.391. The van der Waals surface area contributed by atoms with Crippen molar-refractivity contribution < 1.29 is 9.53 Å². The molecular weight excluding hydrogens is 422 g/mol. The van der Waals surface area contributed by atoms with Gasteiger partial charge in [0.2, 0.25) is 0 Å². The molecule has 0 N–H and O–H groups in total. The van der Waals surface area contributed by atoms with Crippen molar-refractivity contribution in [2.45, 2.75) is 27.0 Å². The molecule has 0 aliphatic heterocycles. The zero-order valence-electron chi connectivity index (χ0n) is 19.1. The smallest absolute Gasteiger partial charge is 0.355 e. The molecule has 0 saturated carbocycles. The highest BCUT2D eigenvalue weighted by Crippen LogP contribution is 2.33. The zero-order valence-corrected chi connectivity index (χ0v) is 19.1. The Bertz CT molecular complexity index is 1400. The molecule has 166 valence electrons. The van der Waals surface area contributed by atoms with Gasteiger partial charge >= 0.3 is 5.97 Å². The normalized spacial score (nSPS) is 10.4. The average molecular weight is 446 g/mol. The number of carbonyl (C=O) groups excluding carboxylic acids is 1. The van der Waals surface area contributed by atoms with Gasteiger partial charge in [-0.25, -0.2) is 4.79 Å². The molecule has 0 amide bonds. The number of rotatable bonds is 6. The van der Waals surface area contributed by atoms with E-state index >= 15 is 0 Å². The molecule has 0 fully saturated rings. The van der Waals surface area contributed by atoms with E-state index in [1.165, 1.54) is 0 Å². The Morgan fingerprint density at radius 2 is 1.41 bits per heavy atom. The number of benzene rings is 3. The number of nitriles is 2. The van der Waals surface area contributed by atoms with Gasteiger partial charge in [-0.3, -0.25) is 0 Å². The van der Waals surface area contributed by atoms with Crippen LogP contribution in [0.4, 0.5) is 0 Å². The van der Waals surface area contributed by atoms with Crippen molar-refractivity contribution in [2.24, 2.45) is 0 Å². The van der Waals surface area contributed by atoms with Gasteiger partial charge < -0.3 is 9.30 Å². The predicted octanol–water partition coefficient (Wildman–Crippen LogP) is 5.92. The quantitative estimate of drug-likeness (QED) is 0.345. The van der Waals surface area contributed by atoms with Crippen molar-refractivity contribution in [3.63, 3.8) is 0 Å². The highest BCUT2D eigenvalue weighted by atomic mass is 16.5. The van der Waals surface area contributed by atoms with Crippen LogP contribution in [0.2, 0.25) is 0 Å². The van der Waals surface area contributed by atoms with E-state index in [4.69, 9.17) is 15.3 Å². The Labute approximate surface area is 199 Å². The predicted molar refractivity (Wildman–Crippen MR) is 130 cm³/mol. The van der Waals surface area contributed by atoms with E-state index in [2.05, 4.69) is 12.1 Å². The first-order valence-electron chi connectivity index (χ1n) is 10.9. The number of aromatic nitrogens is 1. The third-order valence-electron chi connectivity index (χ3n) is 5.90. The molecule has 0 aliphatic carbocycles. The number of nitrogens with zero attached hydrogens (tertiary/aromatic N) is 3.